The van der Waals surface area contributed by atoms with Gasteiger partial charge in [-0.2, -0.15) is 0 Å². The van der Waals surface area contributed by atoms with Gasteiger partial charge in [-0.3, -0.25) is 9.69 Å². The molecule has 3 rings (SSSR count). The molecule has 2 unspecified atom stereocenters. The average molecular weight is 259 g/mol. The van der Waals surface area contributed by atoms with Crippen molar-refractivity contribution in [2.24, 2.45) is 0 Å². The third-order valence-corrected chi connectivity index (χ3v) is 4.44. The maximum absolute atomic E-state index is 11.7. The van der Waals surface area contributed by atoms with E-state index in [0.717, 1.165) is 25.1 Å². The fraction of sp³-hybridized carbons (Fsp3) is 0.562. The standard InChI is InChI=1S/C16H21NO2/c1-19-16-7-2-4-12(8-16)11-17-13-5-3-6-14(17)10-15(18)9-13/h2,4,7-8,13-14H,3,5-6,9-11H2,1H3. The fourth-order valence-electron chi connectivity index (χ4n) is 3.51. The van der Waals surface area contributed by atoms with Crippen LogP contribution in [0.3, 0.4) is 0 Å². The summed E-state index contributed by atoms with van der Waals surface area (Å²) < 4.78 is 5.28. The molecule has 2 heterocycles. The van der Waals surface area contributed by atoms with Gasteiger partial charge in [0.15, 0.2) is 0 Å². The molecule has 3 heteroatoms. The second kappa shape index (κ2) is 5.33. The monoisotopic (exact) mass is 259 g/mol. The number of Topliss-reactive ketones (excluding diaryl/α,β-unsaturated/α-hetero) is 1. The Morgan fingerprint density at radius 3 is 2.68 bits per heavy atom. The van der Waals surface area contributed by atoms with E-state index in [9.17, 15) is 4.79 Å². The van der Waals surface area contributed by atoms with E-state index in [0.29, 0.717) is 17.9 Å². The minimum absolute atomic E-state index is 0.455. The number of benzene rings is 1. The van der Waals surface area contributed by atoms with Gasteiger partial charge in [0.1, 0.15) is 11.5 Å². The lowest BCUT2D eigenvalue weighted by Crippen LogP contribution is -2.51. The molecule has 2 aliphatic rings. The van der Waals surface area contributed by atoms with Crippen LogP contribution in [-0.4, -0.2) is 29.9 Å². The number of ketones is 1. The molecule has 0 N–H and O–H groups in total. The highest BCUT2D eigenvalue weighted by atomic mass is 16.5. The van der Waals surface area contributed by atoms with E-state index in [-0.39, 0.29) is 0 Å². The van der Waals surface area contributed by atoms with Gasteiger partial charge in [0.25, 0.3) is 0 Å². The van der Waals surface area contributed by atoms with Gasteiger partial charge >= 0.3 is 0 Å². The summed E-state index contributed by atoms with van der Waals surface area (Å²) in [5.74, 6) is 1.37. The summed E-state index contributed by atoms with van der Waals surface area (Å²) in [5.41, 5.74) is 1.28. The van der Waals surface area contributed by atoms with E-state index in [1.165, 1.54) is 24.8 Å². The van der Waals surface area contributed by atoms with Gasteiger partial charge < -0.3 is 4.74 Å². The van der Waals surface area contributed by atoms with Crippen LogP contribution in [0.15, 0.2) is 24.3 Å². The smallest absolute Gasteiger partial charge is 0.136 e. The van der Waals surface area contributed by atoms with Crippen LogP contribution in [0.5, 0.6) is 5.75 Å². The van der Waals surface area contributed by atoms with Crippen molar-refractivity contribution in [3.63, 3.8) is 0 Å². The number of nitrogens with zero attached hydrogens (tertiary/aromatic N) is 1. The zero-order chi connectivity index (χ0) is 13.2. The first-order valence-electron chi connectivity index (χ1n) is 7.16. The first-order valence-corrected chi connectivity index (χ1v) is 7.16. The zero-order valence-electron chi connectivity index (χ0n) is 11.5. The van der Waals surface area contributed by atoms with E-state index in [2.05, 4.69) is 17.0 Å². The Kier molecular flexibility index (Phi) is 3.56. The highest BCUT2D eigenvalue weighted by molar-refractivity contribution is 5.80. The van der Waals surface area contributed by atoms with Crippen LogP contribution < -0.4 is 4.74 Å². The number of rotatable bonds is 3. The van der Waals surface area contributed by atoms with Crippen LogP contribution in [0.2, 0.25) is 0 Å². The van der Waals surface area contributed by atoms with Crippen molar-refractivity contribution >= 4 is 5.78 Å². The molecule has 0 spiro atoms. The SMILES string of the molecule is COc1cccc(CN2C3CCCC2CC(=O)C3)c1. The molecule has 0 amide bonds. The lowest BCUT2D eigenvalue weighted by Gasteiger charge is -2.45. The van der Waals surface area contributed by atoms with Crippen molar-refractivity contribution in [3.05, 3.63) is 29.8 Å². The third-order valence-electron chi connectivity index (χ3n) is 4.44. The quantitative estimate of drug-likeness (QED) is 0.836. The average Bonchev–Trinajstić information content (AvgIpc) is 2.40. The van der Waals surface area contributed by atoms with Crippen LogP contribution in [0.4, 0.5) is 0 Å². The van der Waals surface area contributed by atoms with E-state index < -0.39 is 0 Å². The van der Waals surface area contributed by atoms with Crippen LogP contribution >= 0.6 is 0 Å². The first kappa shape index (κ1) is 12.7. The molecule has 2 saturated heterocycles. The maximum atomic E-state index is 11.7. The molecule has 0 radical (unpaired) electrons. The van der Waals surface area contributed by atoms with Crippen LogP contribution in [-0.2, 0) is 11.3 Å². The van der Waals surface area contributed by atoms with Crippen molar-refractivity contribution in [2.45, 2.75) is 50.7 Å². The Hall–Kier alpha value is -1.35. The Bertz CT molecular complexity index is 456. The Labute approximate surface area is 114 Å². The molecule has 102 valence electrons. The lowest BCUT2D eigenvalue weighted by molar-refractivity contribution is -0.127. The molecule has 2 fully saturated rings. The number of carbonyl (C=O) groups is 1. The van der Waals surface area contributed by atoms with Crippen molar-refractivity contribution < 1.29 is 9.53 Å². The minimum Gasteiger partial charge on any atom is -0.497 e. The van der Waals surface area contributed by atoms with Gasteiger partial charge in [-0.05, 0) is 30.5 Å². The zero-order valence-corrected chi connectivity index (χ0v) is 11.5. The van der Waals surface area contributed by atoms with E-state index >= 15 is 0 Å². The highest BCUT2D eigenvalue weighted by Crippen LogP contribution is 2.33. The molecule has 2 bridgehead atoms. The number of hydrogen-bond acceptors (Lipinski definition) is 3. The summed E-state index contributed by atoms with van der Waals surface area (Å²) in [6.07, 6.45) is 5.12. The molecule has 3 nitrogen and oxygen atoms in total. The molecule has 1 aromatic carbocycles. The molecule has 1 aromatic rings. The second-order valence-electron chi connectivity index (χ2n) is 5.71. The Balaban J connectivity index is 1.76. The van der Waals surface area contributed by atoms with Gasteiger partial charge in [0.05, 0.1) is 7.11 Å². The number of ether oxygens (including phenoxy) is 1. The van der Waals surface area contributed by atoms with Gasteiger partial charge in [-0.15, -0.1) is 0 Å². The summed E-state index contributed by atoms with van der Waals surface area (Å²) in [5, 5.41) is 0. The predicted molar refractivity (Wildman–Crippen MR) is 74.2 cm³/mol. The number of methoxy groups -OCH3 is 1. The molecule has 0 aliphatic carbocycles. The van der Waals surface area contributed by atoms with Crippen molar-refractivity contribution in [3.8, 4) is 5.75 Å². The number of carbonyl (C=O) groups excluding carboxylic acids is 1. The predicted octanol–water partition coefficient (Wildman–Crippen LogP) is 2.78. The summed E-state index contributed by atoms with van der Waals surface area (Å²) in [4.78, 5) is 14.3. The summed E-state index contributed by atoms with van der Waals surface area (Å²) in [6.45, 7) is 0.944. The molecule has 0 saturated carbocycles. The minimum atomic E-state index is 0.455. The van der Waals surface area contributed by atoms with Crippen molar-refractivity contribution in [2.75, 3.05) is 7.11 Å². The topological polar surface area (TPSA) is 29.5 Å². The van der Waals surface area contributed by atoms with E-state index in [1.807, 2.05) is 12.1 Å². The third kappa shape index (κ3) is 2.66. The summed E-state index contributed by atoms with van der Waals surface area (Å²) in [7, 11) is 1.70. The van der Waals surface area contributed by atoms with E-state index in [1.54, 1.807) is 7.11 Å². The molecule has 2 aliphatic heterocycles. The van der Waals surface area contributed by atoms with Crippen molar-refractivity contribution in [1.29, 1.82) is 0 Å². The van der Waals surface area contributed by atoms with Crippen LogP contribution in [0.25, 0.3) is 0 Å². The van der Waals surface area contributed by atoms with E-state index in [4.69, 9.17) is 4.74 Å². The fourth-order valence-corrected chi connectivity index (χ4v) is 3.51. The van der Waals surface area contributed by atoms with Crippen LogP contribution in [0, 0.1) is 0 Å². The number of hydrogen-bond donors (Lipinski definition) is 0. The molecule has 2 atom stereocenters. The number of fused-ring (bicyclic) bond motifs is 2. The van der Waals surface area contributed by atoms with Gasteiger partial charge in [-0.1, -0.05) is 18.6 Å². The van der Waals surface area contributed by atoms with Crippen molar-refractivity contribution in [1.82, 2.24) is 4.90 Å². The first-order chi connectivity index (χ1) is 9.26. The van der Waals surface area contributed by atoms with Gasteiger partial charge in [-0.25, -0.2) is 0 Å². The summed E-state index contributed by atoms with van der Waals surface area (Å²) in [6, 6.07) is 9.20. The Morgan fingerprint density at radius 2 is 2.00 bits per heavy atom. The van der Waals surface area contributed by atoms with Crippen LogP contribution in [0.1, 0.15) is 37.7 Å². The summed E-state index contributed by atoms with van der Waals surface area (Å²) >= 11 is 0. The molecular weight excluding hydrogens is 238 g/mol. The normalized spacial score (nSPS) is 27.3. The van der Waals surface area contributed by atoms with Gasteiger partial charge in [0, 0.05) is 31.5 Å². The largest absolute Gasteiger partial charge is 0.497 e. The molecular formula is C16H21NO2. The lowest BCUT2D eigenvalue weighted by atomic mass is 9.83. The molecule has 0 aromatic heterocycles. The second-order valence-corrected chi connectivity index (χ2v) is 5.71. The van der Waals surface area contributed by atoms with Gasteiger partial charge in [0.2, 0.25) is 0 Å². The molecule has 19 heavy (non-hydrogen) atoms. The number of piperidine rings is 2. The maximum Gasteiger partial charge on any atom is 0.136 e. The Morgan fingerprint density at radius 1 is 1.26 bits per heavy atom. The highest BCUT2D eigenvalue weighted by Gasteiger charge is 2.37.